The van der Waals surface area contributed by atoms with Crippen LogP contribution in [0.2, 0.25) is 0 Å². The SMILES string of the molecule is CCCNC(Cc1ccc(CC)s1)C(C)OC. The fourth-order valence-electron chi connectivity index (χ4n) is 1.84. The Labute approximate surface area is 109 Å². The molecule has 0 saturated carbocycles. The molecule has 98 valence electrons. The Hall–Kier alpha value is -0.380. The van der Waals surface area contributed by atoms with Gasteiger partial charge in [0.25, 0.3) is 0 Å². The van der Waals surface area contributed by atoms with Crippen LogP contribution in [0.4, 0.5) is 0 Å². The van der Waals surface area contributed by atoms with Crippen molar-refractivity contribution in [1.82, 2.24) is 5.32 Å². The number of hydrogen-bond donors (Lipinski definition) is 1. The molecule has 0 radical (unpaired) electrons. The topological polar surface area (TPSA) is 21.3 Å². The first-order chi connectivity index (χ1) is 8.21. The highest BCUT2D eigenvalue weighted by atomic mass is 32.1. The lowest BCUT2D eigenvalue weighted by atomic mass is 10.1. The molecule has 1 aromatic rings. The Bertz CT molecular complexity index is 311. The molecule has 0 aliphatic heterocycles. The third-order valence-corrected chi connectivity index (χ3v) is 4.33. The average Bonchev–Trinajstić information content (AvgIpc) is 2.81. The van der Waals surface area contributed by atoms with Gasteiger partial charge in [0.1, 0.15) is 0 Å². The third kappa shape index (κ3) is 4.78. The molecular formula is C14H25NOS. The molecule has 0 aliphatic rings. The Morgan fingerprint density at radius 1 is 1.29 bits per heavy atom. The summed E-state index contributed by atoms with van der Waals surface area (Å²) in [4.78, 5) is 2.93. The largest absolute Gasteiger partial charge is 0.380 e. The normalized spacial score (nSPS) is 14.8. The highest BCUT2D eigenvalue weighted by molar-refractivity contribution is 7.11. The molecule has 0 spiro atoms. The van der Waals surface area contributed by atoms with E-state index in [0.29, 0.717) is 6.04 Å². The van der Waals surface area contributed by atoms with E-state index in [-0.39, 0.29) is 6.10 Å². The fraction of sp³-hybridized carbons (Fsp3) is 0.714. The molecule has 3 heteroatoms. The van der Waals surface area contributed by atoms with Crippen LogP contribution in [0.1, 0.15) is 36.9 Å². The van der Waals surface area contributed by atoms with Crippen molar-refractivity contribution in [2.75, 3.05) is 13.7 Å². The van der Waals surface area contributed by atoms with Crippen LogP contribution in [0.5, 0.6) is 0 Å². The lowest BCUT2D eigenvalue weighted by Crippen LogP contribution is -2.41. The minimum atomic E-state index is 0.258. The predicted molar refractivity (Wildman–Crippen MR) is 76.0 cm³/mol. The lowest BCUT2D eigenvalue weighted by Gasteiger charge is -2.23. The van der Waals surface area contributed by atoms with Crippen molar-refractivity contribution in [3.8, 4) is 0 Å². The number of hydrogen-bond acceptors (Lipinski definition) is 3. The van der Waals surface area contributed by atoms with Crippen LogP contribution in [0.15, 0.2) is 12.1 Å². The minimum absolute atomic E-state index is 0.258. The third-order valence-electron chi connectivity index (χ3n) is 3.08. The maximum atomic E-state index is 5.46. The Kier molecular flexibility index (Phi) is 6.78. The second-order valence-corrected chi connectivity index (χ2v) is 5.68. The van der Waals surface area contributed by atoms with E-state index >= 15 is 0 Å². The van der Waals surface area contributed by atoms with Gasteiger partial charge in [0.15, 0.2) is 0 Å². The van der Waals surface area contributed by atoms with E-state index in [9.17, 15) is 0 Å². The first-order valence-electron chi connectivity index (χ1n) is 6.55. The van der Waals surface area contributed by atoms with Gasteiger partial charge in [-0.05, 0) is 44.9 Å². The van der Waals surface area contributed by atoms with Crippen molar-refractivity contribution in [2.24, 2.45) is 0 Å². The fourth-order valence-corrected chi connectivity index (χ4v) is 2.85. The van der Waals surface area contributed by atoms with Crippen LogP contribution in [-0.2, 0) is 17.6 Å². The van der Waals surface area contributed by atoms with Crippen LogP contribution < -0.4 is 5.32 Å². The molecule has 0 aromatic carbocycles. The van der Waals surface area contributed by atoms with Crippen molar-refractivity contribution in [2.45, 2.75) is 52.2 Å². The maximum Gasteiger partial charge on any atom is 0.0699 e. The summed E-state index contributed by atoms with van der Waals surface area (Å²) >= 11 is 1.93. The summed E-state index contributed by atoms with van der Waals surface area (Å²) < 4.78 is 5.46. The summed E-state index contributed by atoms with van der Waals surface area (Å²) in [6.07, 6.45) is 3.63. The summed E-state index contributed by atoms with van der Waals surface area (Å²) in [5.41, 5.74) is 0. The van der Waals surface area contributed by atoms with Crippen molar-refractivity contribution in [3.05, 3.63) is 21.9 Å². The molecule has 0 amide bonds. The molecule has 1 heterocycles. The second-order valence-electron chi connectivity index (χ2n) is 4.43. The zero-order valence-corrected chi connectivity index (χ0v) is 12.3. The number of aryl methyl sites for hydroxylation is 1. The van der Waals surface area contributed by atoms with Crippen molar-refractivity contribution in [3.63, 3.8) is 0 Å². The van der Waals surface area contributed by atoms with E-state index in [0.717, 1.165) is 25.8 Å². The number of ether oxygens (including phenoxy) is 1. The Balaban J connectivity index is 2.57. The number of rotatable bonds is 8. The average molecular weight is 255 g/mol. The molecule has 17 heavy (non-hydrogen) atoms. The standard InChI is InChI=1S/C14H25NOS/c1-5-9-15-14(11(3)16-4)10-13-8-7-12(6-2)17-13/h7-8,11,14-15H,5-6,9-10H2,1-4H3. The van der Waals surface area contributed by atoms with E-state index in [1.807, 2.05) is 11.3 Å². The van der Waals surface area contributed by atoms with Gasteiger partial charge in [-0.1, -0.05) is 13.8 Å². The van der Waals surface area contributed by atoms with Crippen LogP contribution in [0, 0.1) is 0 Å². The first-order valence-corrected chi connectivity index (χ1v) is 7.36. The zero-order chi connectivity index (χ0) is 12.7. The van der Waals surface area contributed by atoms with Crippen LogP contribution in [-0.4, -0.2) is 25.8 Å². The van der Waals surface area contributed by atoms with Crippen LogP contribution in [0.3, 0.4) is 0 Å². The van der Waals surface area contributed by atoms with Gasteiger partial charge < -0.3 is 10.1 Å². The summed E-state index contributed by atoms with van der Waals surface area (Å²) in [5.74, 6) is 0. The van der Waals surface area contributed by atoms with Gasteiger partial charge in [0, 0.05) is 22.9 Å². The molecule has 1 N–H and O–H groups in total. The predicted octanol–water partition coefficient (Wildman–Crippen LogP) is 3.26. The van der Waals surface area contributed by atoms with E-state index in [2.05, 4.69) is 38.2 Å². The number of methoxy groups -OCH3 is 1. The molecule has 0 bridgehead atoms. The van der Waals surface area contributed by atoms with Gasteiger partial charge >= 0.3 is 0 Å². The van der Waals surface area contributed by atoms with Gasteiger partial charge in [-0.15, -0.1) is 11.3 Å². The van der Waals surface area contributed by atoms with E-state index in [1.165, 1.54) is 9.75 Å². The van der Waals surface area contributed by atoms with Gasteiger partial charge in [-0.25, -0.2) is 0 Å². The van der Waals surface area contributed by atoms with E-state index in [1.54, 1.807) is 7.11 Å². The lowest BCUT2D eigenvalue weighted by molar-refractivity contribution is 0.0833. The highest BCUT2D eigenvalue weighted by Gasteiger charge is 2.17. The van der Waals surface area contributed by atoms with Crippen molar-refractivity contribution >= 4 is 11.3 Å². The van der Waals surface area contributed by atoms with Gasteiger partial charge in [0.2, 0.25) is 0 Å². The maximum absolute atomic E-state index is 5.46. The summed E-state index contributed by atoms with van der Waals surface area (Å²) in [6.45, 7) is 7.61. The smallest absolute Gasteiger partial charge is 0.0699 e. The highest BCUT2D eigenvalue weighted by Crippen LogP contribution is 2.19. The summed E-state index contributed by atoms with van der Waals surface area (Å²) in [7, 11) is 1.79. The van der Waals surface area contributed by atoms with Gasteiger partial charge in [-0.3, -0.25) is 0 Å². The Morgan fingerprint density at radius 2 is 2.00 bits per heavy atom. The number of thiophene rings is 1. The van der Waals surface area contributed by atoms with Crippen LogP contribution >= 0.6 is 11.3 Å². The molecular weight excluding hydrogens is 230 g/mol. The molecule has 2 unspecified atom stereocenters. The van der Waals surface area contributed by atoms with Gasteiger partial charge in [0.05, 0.1) is 6.10 Å². The molecule has 1 aromatic heterocycles. The monoisotopic (exact) mass is 255 g/mol. The van der Waals surface area contributed by atoms with Gasteiger partial charge in [-0.2, -0.15) is 0 Å². The van der Waals surface area contributed by atoms with Crippen LogP contribution in [0.25, 0.3) is 0 Å². The molecule has 1 rings (SSSR count). The molecule has 0 fully saturated rings. The minimum Gasteiger partial charge on any atom is -0.380 e. The first kappa shape index (κ1) is 14.7. The zero-order valence-electron chi connectivity index (χ0n) is 11.5. The van der Waals surface area contributed by atoms with Crippen molar-refractivity contribution < 1.29 is 4.74 Å². The molecule has 2 atom stereocenters. The second kappa shape index (κ2) is 7.85. The molecule has 2 nitrogen and oxygen atoms in total. The van der Waals surface area contributed by atoms with Crippen molar-refractivity contribution in [1.29, 1.82) is 0 Å². The number of nitrogens with one attached hydrogen (secondary N) is 1. The molecule has 0 aliphatic carbocycles. The summed E-state index contributed by atoms with van der Waals surface area (Å²) in [5, 5.41) is 3.58. The summed E-state index contributed by atoms with van der Waals surface area (Å²) in [6, 6.07) is 4.92. The quantitative estimate of drug-likeness (QED) is 0.770. The van der Waals surface area contributed by atoms with E-state index < -0.39 is 0 Å². The van der Waals surface area contributed by atoms with E-state index in [4.69, 9.17) is 4.74 Å². The molecule has 0 saturated heterocycles. The Morgan fingerprint density at radius 3 is 2.53 bits per heavy atom.